The molecule has 2 aromatic carbocycles. The number of nitrogens with one attached hydrogen (secondary N) is 1. The molecule has 0 fully saturated rings. The van der Waals surface area contributed by atoms with E-state index in [0.717, 1.165) is 12.8 Å². The predicted octanol–water partition coefficient (Wildman–Crippen LogP) is 4.16. The average Bonchev–Trinajstić information content (AvgIpc) is 2.86. The van der Waals surface area contributed by atoms with Gasteiger partial charge in [-0.05, 0) is 42.2 Å². The van der Waals surface area contributed by atoms with Gasteiger partial charge in [-0.25, -0.2) is 8.42 Å². The van der Waals surface area contributed by atoms with Crippen molar-refractivity contribution in [3.05, 3.63) is 48.0 Å². The van der Waals surface area contributed by atoms with Gasteiger partial charge in [0.15, 0.2) is 11.5 Å². The number of hydrogen-bond acceptors (Lipinski definition) is 4. The molecule has 0 saturated heterocycles. The summed E-state index contributed by atoms with van der Waals surface area (Å²) in [5.41, 5.74) is 1.74. The molecule has 0 unspecified atom stereocenters. The van der Waals surface area contributed by atoms with E-state index in [1.54, 1.807) is 18.2 Å². The zero-order valence-electron chi connectivity index (χ0n) is 14.5. The van der Waals surface area contributed by atoms with E-state index in [4.69, 9.17) is 9.47 Å². The van der Waals surface area contributed by atoms with Gasteiger partial charge in [0.25, 0.3) is 10.0 Å². The Morgan fingerprint density at radius 2 is 1.72 bits per heavy atom. The molecule has 1 aliphatic rings. The van der Waals surface area contributed by atoms with Crippen LogP contribution in [0.2, 0.25) is 0 Å². The van der Waals surface area contributed by atoms with Crippen LogP contribution in [0.4, 0.5) is 5.69 Å². The fraction of sp³-hybridized carbons (Fsp3) is 0.368. The summed E-state index contributed by atoms with van der Waals surface area (Å²) in [6.45, 7) is 5.36. The predicted molar refractivity (Wildman–Crippen MR) is 98.0 cm³/mol. The lowest BCUT2D eigenvalue weighted by atomic mass is 9.99. The highest BCUT2D eigenvalue weighted by Crippen LogP contribution is 2.32. The number of fused-ring (bicyclic) bond motifs is 1. The van der Waals surface area contributed by atoms with Crippen molar-refractivity contribution in [1.82, 2.24) is 0 Å². The van der Waals surface area contributed by atoms with Crippen LogP contribution in [0.1, 0.15) is 38.2 Å². The van der Waals surface area contributed by atoms with Crippen molar-refractivity contribution in [2.75, 3.05) is 17.9 Å². The minimum atomic E-state index is -3.68. The van der Waals surface area contributed by atoms with Crippen LogP contribution >= 0.6 is 0 Å². The first-order chi connectivity index (χ1) is 12.0. The van der Waals surface area contributed by atoms with Gasteiger partial charge in [-0.2, -0.15) is 0 Å². The summed E-state index contributed by atoms with van der Waals surface area (Å²) in [6, 6.07) is 12.2. The summed E-state index contributed by atoms with van der Waals surface area (Å²) in [7, 11) is -3.68. The topological polar surface area (TPSA) is 64.6 Å². The molecule has 0 spiro atoms. The highest BCUT2D eigenvalue weighted by Gasteiger charge is 2.19. The Kier molecular flexibility index (Phi) is 5.18. The van der Waals surface area contributed by atoms with Crippen molar-refractivity contribution in [3.8, 4) is 11.5 Å². The third kappa shape index (κ3) is 4.07. The Morgan fingerprint density at radius 1 is 1.04 bits per heavy atom. The van der Waals surface area contributed by atoms with Gasteiger partial charge in [0, 0.05) is 18.2 Å². The van der Waals surface area contributed by atoms with Crippen LogP contribution in [-0.4, -0.2) is 21.6 Å². The van der Waals surface area contributed by atoms with Gasteiger partial charge in [0.2, 0.25) is 0 Å². The maximum absolute atomic E-state index is 12.6. The summed E-state index contributed by atoms with van der Waals surface area (Å²) in [6.07, 6.45) is 1.82. The van der Waals surface area contributed by atoms with E-state index in [1.807, 2.05) is 12.1 Å². The highest BCUT2D eigenvalue weighted by molar-refractivity contribution is 7.92. The van der Waals surface area contributed by atoms with Crippen LogP contribution in [0.15, 0.2) is 47.4 Å². The molecular weight excluding hydrogens is 338 g/mol. The number of anilines is 1. The largest absolute Gasteiger partial charge is 0.490 e. The Balaban J connectivity index is 1.81. The van der Waals surface area contributed by atoms with Crippen LogP contribution in [0.3, 0.4) is 0 Å². The van der Waals surface area contributed by atoms with Crippen molar-refractivity contribution in [3.63, 3.8) is 0 Å². The van der Waals surface area contributed by atoms with Gasteiger partial charge in [-0.15, -0.1) is 0 Å². The van der Waals surface area contributed by atoms with Gasteiger partial charge in [0.05, 0.1) is 18.1 Å². The van der Waals surface area contributed by atoms with E-state index in [9.17, 15) is 8.42 Å². The molecule has 25 heavy (non-hydrogen) atoms. The Morgan fingerprint density at radius 3 is 2.40 bits per heavy atom. The fourth-order valence-electron chi connectivity index (χ4n) is 2.64. The second kappa shape index (κ2) is 7.35. The summed E-state index contributed by atoms with van der Waals surface area (Å²) >= 11 is 0. The number of benzene rings is 2. The van der Waals surface area contributed by atoms with Gasteiger partial charge >= 0.3 is 0 Å². The molecule has 1 aliphatic heterocycles. The summed E-state index contributed by atoms with van der Waals surface area (Å²) in [5, 5.41) is 0. The maximum Gasteiger partial charge on any atom is 0.262 e. The summed E-state index contributed by atoms with van der Waals surface area (Å²) < 4.78 is 39.0. The number of sulfonamides is 1. The van der Waals surface area contributed by atoms with Crippen molar-refractivity contribution >= 4 is 15.7 Å². The number of ether oxygens (including phenoxy) is 2. The molecule has 1 N–H and O–H groups in total. The van der Waals surface area contributed by atoms with E-state index in [2.05, 4.69) is 18.6 Å². The lowest BCUT2D eigenvalue weighted by Gasteiger charge is -2.13. The Bertz CT molecular complexity index is 831. The van der Waals surface area contributed by atoms with Crippen molar-refractivity contribution in [2.24, 2.45) is 0 Å². The van der Waals surface area contributed by atoms with Crippen LogP contribution in [-0.2, 0) is 10.0 Å². The summed E-state index contributed by atoms with van der Waals surface area (Å²) in [4.78, 5) is 0.155. The fourth-order valence-corrected chi connectivity index (χ4v) is 3.71. The molecule has 1 atom stereocenters. The van der Waals surface area contributed by atoms with E-state index in [1.165, 1.54) is 17.7 Å². The van der Waals surface area contributed by atoms with Crippen LogP contribution in [0.25, 0.3) is 0 Å². The lowest BCUT2D eigenvalue weighted by molar-refractivity contribution is 0.297. The van der Waals surface area contributed by atoms with E-state index in [-0.39, 0.29) is 4.90 Å². The van der Waals surface area contributed by atoms with Gasteiger partial charge in [-0.3, -0.25) is 4.72 Å². The van der Waals surface area contributed by atoms with Gasteiger partial charge in [0.1, 0.15) is 0 Å². The molecule has 5 nitrogen and oxygen atoms in total. The second-order valence-corrected chi connectivity index (χ2v) is 7.88. The summed E-state index contributed by atoms with van der Waals surface area (Å²) in [5.74, 6) is 1.49. The molecule has 134 valence electrons. The molecule has 0 saturated carbocycles. The number of rotatable bonds is 5. The zero-order chi connectivity index (χ0) is 17.9. The molecule has 6 heteroatoms. The first kappa shape index (κ1) is 17.6. The quantitative estimate of drug-likeness (QED) is 0.868. The highest BCUT2D eigenvalue weighted by atomic mass is 32.2. The molecule has 0 aliphatic carbocycles. The lowest BCUT2D eigenvalue weighted by Crippen LogP contribution is -2.13. The molecule has 0 amide bonds. The van der Waals surface area contributed by atoms with Crippen LogP contribution in [0.5, 0.6) is 11.5 Å². The Hall–Kier alpha value is -2.21. The SMILES string of the molecule is CC[C@@H](C)c1ccc(NS(=O)(=O)c2ccc3c(c2)OCCCO3)cc1. The van der Waals surface area contributed by atoms with Crippen LogP contribution < -0.4 is 14.2 Å². The molecule has 0 radical (unpaired) electrons. The van der Waals surface area contributed by atoms with Crippen LogP contribution in [0, 0.1) is 0 Å². The average molecular weight is 361 g/mol. The van der Waals surface area contributed by atoms with Gasteiger partial charge < -0.3 is 9.47 Å². The van der Waals surface area contributed by atoms with Gasteiger partial charge in [-0.1, -0.05) is 26.0 Å². The molecule has 2 aromatic rings. The van der Waals surface area contributed by atoms with E-state index < -0.39 is 10.0 Å². The van der Waals surface area contributed by atoms with E-state index in [0.29, 0.717) is 36.3 Å². The third-order valence-electron chi connectivity index (χ3n) is 4.37. The van der Waals surface area contributed by atoms with Crippen molar-refractivity contribution < 1.29 is 17.9 Å². The molecule has 0 aromatic heterocycles. The first-order valence-electron chi connectivity index (χ1n) is 8.52. The van der Waals surface area contributed by atoms with Crippen molar-refractivity contribution in [2.45, 2.75) is 37.5 Å². The number of hydrogen-bond donors (Lipinski definition) is 1. The molecule has 3 rings (SSSR count). The minimum absolute atomic E-state index is 0.155. The molecule has 1 heterocycles. The maximum atomic E-state index is 12.6. The smallest absolute Gasteiger partial charge is 0.262 e. The third-order valence-corrected chi connectivity index (χ3v) is 5.75. The minimum Gasteiger partial charge on any atom is -0.490 e. The van der Waals surface area contributed by atoms with E-state index >= 15 is 0 Å². The van der Waals surface area contributed by atoms with Crippen molar-refractivity contribution in [1.29, 1.82) is 0 Å². The molecular formula is C19H23NO4S. The zero-order valence-corrected chi connectivity index (χ0v) is 15.3. The monoisotopic (exact) mass is 361 g/mol. The second-order valence-electron chi connectivity index (χ2n) is 6.20. The first-order valence-corrected chi connectivity index (χ1v) is 10.0. The standard InChI is InChI=1S/C19H23NO4S/c1-3-14(2)15-5-7-16(8-6-15)20-25(21,22)17-9-10-18-19(13-17)24-12-4-11-23-18/h5-10,13-14,20H,3-4,11-12H2,1-2H3/t14-/m1/s1. The Labute approximate surface area is 149 Å². The molecule has 0 bridgehead atoms. The normalized spacial score (nSPS) is 15.3.